The van der Waals surface area contributed by atoms with Gasteiger partial charge < -0.3 is 53.2 Å². The van der Waals surface area contributed by atoms with Gasteiger partial charge in [-0.25, -0.2) is 0 Å². The first kappa shape index (κ1) is 91.2. The Morgan fingerprint density at radius 1 is 0.296 bits per heavy atom. The molecular weight excluding hydrogens is 1240 g/mol. The lowest BCUT2D eigenvalue weighted by atomic mass is 9.97. The number of esters is 5. The molecule has 0 aromatic rings. The maximum atomic E-state index is 14.1. The smallest absolute Gasteiger partial charge is 0.306 e. The van der Waals surface area contributed by atoms with E-state index in [9.17, 15) is 39.3 Å². The summed E-state index contributed by atoms with van der Waals surface area (Å²) in [4.78, 5) is 68.5. The van der Waals surface area contributed by atoms with Crippen molar-refractivity contribution < 1.29 is 77.2 Å². The first-order valence-electron chi connectivity index (χ1n) is 41.8. The molecule has 2 aliphatic rings. The molecule has 0 bridgehead atoms. The third-order valence-corrected chi connectivity index (χ3v) is 20.1. The molecule has 16 heteroatoms. The van der Waals surface area contributed by atoms with E-state index in [0.717, 1.165) is 122 Å². The molecule has 3 unspecified atom stereocenters. The van der Waals surface area contributed by atoms with Gasteiger partial charge in [-0.15, -0.1) is 0 Å². The lowest BCUT2D eigenvalue weighted by molar-refractivity contribution is -0.384. The monoisotopic (exact) mass is 1390 g/mol. The normalized spacial score (nSPS) is 20.8. The second kappa shape index (κ2) is 63.8. The second-order valence-electron chi connectivity index (χ2n) is 29.4. The summed E-state index contributed by atoms with van der Waals surface area (Å²) in [5.74, 6) is -5.37. The number of aliphatic hydroxyl groups excluding tert-OH is 3. The van der Waals surface area contributed by atoms with Gasteiger partial charge in [0, 0.05) is 32.1 Å². The summed E-state index contributed by atoms with van der Waals surface area (Å²) in [6.45, 7) is 9.36. The van der Waals surface area contributed by atoms with Gasteiger partial charge in [0.1, 0.15) is 50.3 Å². The Hall–Kier alpha value is -2.89. The third kappa shape index (κ3) is 46.7. The van der Waals surface area contributed by atoms with Gasteiger partial charge in [-0.05, 0) is 32.1 Å². The number of aliphatic hydroxyl groups is 3. The maximum absolute atomic E-state index is 14.1. The third-order valence-electron chi connectivity index (χ3n) is 20.1. The van der Waals surface area contributed by atoms with Crippen molar-refractivity contribution in [3.05, 3.63) is 0 Å². The Bertz CT molecular complexity index is 1880. The van der Waals surface area contributed by atoms with Crippen LogP contribution in [0, 0.1) is 0 Å². The number of ether oxygens (including phenoxy) is 8. The van der Waals surface area contributed by atoms with E-state index in [4.69, 9.17) is 37.9 Å². The van der Waals surface area contributed by atoms with E-state index in [1.54, 1.807) is 0 Å². The van der Waals surface area contributed by atoms with Crippen molar-refractivity contribution in [1.29, 1.82) is 0 Å². The Balaban J connectivity index is 2.44. The summed E-state index contributed by atoms with van der Waals surface area (Å²) >= 11 is 0. The van der Waals surface area contributed by atoms with Crippen LogP contribution < -0.4 is 0 Å². The summed E-state index contributed by atoms with van der Waals surface area (Å²) in [5, 5.41) is 36.6. The summed E-state index contributed by atoms with van der Waals surface area (Å²) < 4.78 is 49.4. The van der Waals surface area contributed by atoms with Crippen LogP contribution in [0.4, 0.5) is 0 Å². The minimum atomic E-state index is -2.45. The molecule has 0 aromatic heterocycles. The highest BCUT2D eigenvalue weighted by Crippen LogP contribution is 2.39. The molecule has 0 radical (unpaired) electrons. The van der Waals surface area contributed by atoms with Gasteiger partial charge in [0.25, 0.3) is 0 Å². The van der Waals surface area contributed by atoms with Crippen LogP contribution in [0.25, 0.3) is 0 Å². The van der Waals surface area contributed by atoms with Gasteiger partial charge in [-0.2, -0.15) is 0 Å². The zero-order valence-electron chi connectivity index (χ0n) is 63.8. The van der Waals surface area contributed by atoms with E-state index in [0.29, 0.717) is 32.1 Å². The molecular formula is C82H152O16. The predicted octanol–water partition coefficient (Wildman–Crippen LogP) is 20.9. The molecule has 3 N–H and O–H groups in total. The van der Waals surface area contributed by atoms with Crippen LogP contribution in [0.3, 0.4) is 0 Å². The molecule has 0 amide bonds. The summed E-state index contributed by atoms with van der Waals surface area (Å²) in [6, 6.07) is 0. The van der Waals surface area contributed by atoms with Crippen LogP contribution in [0.2, 0.25) is 0 Å². The largest absolute Gasteiger partial charge is 0.463 e. The van der Waals surface area contributed by atoms with E-state index >= 15 is 0 Å². The minimum absolute atomic E-state index is 0.0113. The number of carbonyl (C=O) groups is 5. The van der Waals surface area contributed by atoms with Gasteiger partial charge >= 0.3 is 29.8 Å². The Morgan fingerprint density at radius 3 is 0.837 bits per heavy atom. The van der Waals surface area contributed by atoms with E-state index in [1.807, 2.05) is 0 Å². The van der Waals surface area contributed by atoms with Crippen molar-refractivity contribution in [1.82, 2.24) is 0 Å². The number of rotatable bonds is 70. The molecule has 0 spiro atoms. The van der Waals surface area contributed by atoms with Crippen molar-refractivity contribution >= 4 is 29.8 Å². The van der Waals surface area contributed by atoms with E-state index in [2.05, 4.69) is 34.6 Å². The zero-order valence-corrected chi connectivity index (χ0v) is 63.8. The van der Waals surface area contributed by atoms with Gasteiger partial charge in [-0.3, -0.25) is 24.0 Å². The van der Waals surface area contributed by atoms with Crippen LogP contribution in [0.1, 0.15) is 420 Å². The average Bonchev–Trinajstić information content (AvgIpc) is 1.49. The molecule has 98 heavy (non-hydrogen) atoms. The summed E-state index contributed by atoms with van der Waals surface area (Å²) in [5.41, 5.74) is 0. The first-order valence-corrected chi connectivity index (χ1v) is 41.8. The van der Waals surface area contributed by atoms with Crippen molar-refractivity contribution in [3.63, 3.8) is 0 Å². The topological polar surface area (TPSA) is 220 Å². The highest BCUT2D eigenvalue weighted by atomic mass is 16.8. The quantitative estimate of drug-likeness (QED) is 0.0293. The Kier molecular flexibility index (Phi) is 59.3. The lowest BCUT2D eigenvalue weighted by Gasteiger charge is -2.45. The number of unbranched alkanes of at least 4 members (excludes halogenated alkanes) is 50. The molecule has 2 aliphatic heterocycles. The van der Waals surface area contributed by atoms with Crippen LogP contribution in [-0.2, 0) is 61.9 Å². The lowest BCUT2D eigenvalue weighted by Crippen LogP contribution is -2.64. The molecule has 0 aromatic carbocycles. The summed E-state index contributed by atoms with van der Waals surface area (Å²) in [7, 11) is 0. The molecule has 9 atom stereocenters. The van der Waals surface area contributed by atoms with Crippen molar-refractivity contribution in [2.45, 2.75) is 475 Å². The van der Waals surface area contributed by atoms with Crippen molar-refractivity contribution in [2.75, 3.05) is 19.8 Å². The number of hydrogen-bond acceptors (Lipinski definition) is 16. The first-order chi connectivity index (χ1) is 47.9. The zero-order chi connectivity index (χ0) is 71.2. The fraction of sp³-hybridized carbons (Fsp3) is 0.939. The minimum Gasteiger partial charge on any atom is -0.463 e. The molecule has 0 aliphatic carbocycles. The molecule has 16 nitrogen and oxygen atoms in total. The standard InChI is InChI=1S/C82H152O16/c1-6-11-16-21-26-31-36-41-46-51-56-61-71(83)91-66-69-76(88)80(90)82(97-69,68-93-73(85)63-58-53-48-43-38-33-28-23-18-13-8-3)98-81-79(96-75(87)65-60-55-50-45-40-35-30-25-20-15-10-5)77(89)78(95-74(86)64-59-54-49-44-39-34-29-24-19-14-9-4)70(94-81)67-92-72(84)62-57-52-47-42-37-32-27-22-17-12-7-2/h69-70,76-81,88-90H,6-68H2,1-5H3/t69-,70?,76+,77-,78-,79?,80?,81+,82+/m1/s1. The van der Waals surface area contributed by atoms with Crippen LogP contribution >= 0.6 is 0 Å². The number of carbonyl (C=O) groups excluding carboxylic acids is 5. The van der Waals surface area contributed by atoms with Gasteiger partial charge in [0.15, 0.2) is 12.2 Å². The van der Waals surface area contributed by atoms with Gasteiger partial charge in [0.2, 0.25) is 12.1 Å². The van der Waals surface area contributed by atoms with E-state index < -0.39 is 104 Å². The highest BCUT2D eigenvalue weighted by molar-refractivity contribution is 5.71. The SMILES string of the molecule is CCCCCCCCCCCCCC(=O)OCC1O[C@@H](O[C@]2(COC(=O)CCCCCCCCCCCCC)O[C@H](COC(=O)CCCCCCCCCCCCC)[C@H](O)C2O)C(OC(=O)CCCCCCCCCCCCC)[C@H](O)[C@@H]1OC(=O)CCCCCCCCCCCCC. The fourth-order valence-electron chi connectivity index (χ4n) is 13.7. The van der Waals surface area contributed by atoms with Crippen LogP contribution in [0.15, 0.2) is 0 Å². The van der Waals surface area contributed by atoms with E-state index in [-0.39, 0.29) is 32.1 Å². The number of hydrogen-bond donors (Lipinski definition) is 3. The molecule has 2 fully saturated rings. The predicted molar refractivity (Wildman–Crippen MR) is 393 cm³/mol. The second-order valence-corrected chi connectivity index (χ2v) is 29.4. The molecule has 576 valence electrons. The fourth-order valence-corrected chi connectivity index (χ4v) is 13.7. The highest BCUT2D eigenvalue weighted by Gasteiger charge is 2.61. The molecule has 0 saturated carbocycles. The maximum Gasteiger partial charge on any atom is 0.306 e. The van der Waals surface area contributed by atoms with Crippen LogP contribution in [0.5, 0.6) is 0 Å². The summed E-state index contributed by atoms with van der Waals surface area (Å²) in [6.07, 6.45) is 47.3. The Morgan fingerprint density at radius 2 is 0.541 bits per heavy atom. The van der Waals surface area contributed by atoms with Crippen LogP contribution in [-0.4, -0.2) is 120 Å². The van der Waals surface area contributed by atoms with Crippen molar-refractivity contribution in [2.24, 2.45) is 0 Å². The molecule has 2 heterocycles. The van der Waals surface area contributed by atoms with E-state index in [1.165, 1.54) is 199 Å². The molecule has 2 saturated heterocycles. The van der Waals surface area contributed by atoms with Gasteiger partial charge in [-0.1, -0.05) is 356 Å². The van der Waals surface area contributed by atoms with Gasteiger partial charge in [0.05, 0.1) is 0 Å². The average molecular weight is 1390 g/mol. The van der Waals surface area contributed by atoms with Crippen molar-refractivity contribution in [3.8, 4) is 0 Å². The molecule has 2 rings (SSSR count). The Labute approximate surface area is 598 Å².